The summed E-state index contributed by atoms with van der Waals surface area (Å²) in [7, 11) is 2.00. The molecule has 1 aromatic heterocycles. The van der Waals surface area contributed by atoms with Crippen molar-refractivity contribution in [1.29, 1.82) is 0 Å². The maximum absolute atomic E-state index is 9.47. The second kappa shape index (κ2) is 3.49. The first-order valence-electron chi connectivity index (χ1n) is 5.64. The number of phenols is 1. The quantitative estimate of drug-likeness (QED) is 0.764. The molecule has 1 saturated heterocycles. The minimum Gasteiger partial charge on any atom is -0.508 e. The van der Waals surface area contributed by atoms with Gasteiger partial charge in [-0.3, -0.25) is 0 Å². The number of aryl methyl sites for hydroxylation is 1. The summed E-state index contributed by atoms with van der Waals surface area (Å²) in [4.78, 5) is 4.62. The van der Waals surface area contributed by atoms with Crippen LogP contribution in [0, 0.1) is 0 Å². The van der Waals surface area contributed by atoms with Crippen molar-refractivity contribution in [2.75, 3.05) is 6.54 Å². The molecule has 0 amide bonds. The molecule has 1 aromatic carbocycles. The summed E-state index contributed by atoms with van der Waals surface area (Å²) in [6.07, 6.45) is 2.35. The van der Waals surface area contributed by atoms with E-state index in [1.807, 2.05) is 13.1 Å². The van der Waals surface area contributed by atoms with Gasteiger partial charge in [0.25, 0.3) is 0 Å². The third-order valence-electron chi connectivity index (χ3n) is 3.27. The van der Waals surface area contributed by atoms with Crippen LogP contribution in [0.4, 0.5) is 0 Å². The normalized spacial score (nSPS) is 20.7. The number of aromatic nitrogens is 2. The number of nitrogens with one attached hydrogen (secondary N) is 1. The molecule has 1 atom stereocenters. The SMILES string of the molecule is Cn1c([C@@H]2CCCN2)nc2ccc(O)cc21. The second-order valence-corrected chi connectivity index (χ2v) is 4.35. The van der Waals surface area contributed by atoms with E-state index in [1.54, 1.807) is 12.1 Å². The molecule has 4 heteroatoms. The number of nitrogens with zero attached hydrogens (tertiary/aromatic N) is 2. The zero-order chi connectivity index (χ0) is 11.1. The van der Waals surface area contributed by atoms with Crippen LogP contribution in [0.25, 0.3) is 11.0 Å². The molecule has 2 heterocycles. The minimum atomic E-state index is 0.293. The molecule has 0 saturated carbocycles. The number of hydrogen-bond donors (Lipinski definition) is 2. The molecular formula is C12H15N3O. The van der Waals surface area contributed by atoms with Gasteiger partial charge in [0.1, 0.15) is 11.6 Å². The van der Waals surface area contributed by atoms with Gasteiger partial charge in [0.05, 0.1) is 17.1 Å². The topological polar surface area (TPSA) is 50.1 Å². The van der Waals surface area contributed by atoms with Crippen molar-refractivity contribution in [3.8, 4) is 5.75 Å². The molecule has 0 bridgehead atoms. The highest BCUT2D eigenvalue weighted by Crippen LogP contribution is 2.27. The number of hydrogen-bond acceptors (Lipinski definition) is 3. The first-order chi connectivity index (χ1) is 7.75. The highest BCUT2D eigenvalue weighted by molar-refractivity contribution is 5.77. The van der Waals surface area contributed by atoms with Gasteiger partial charge >= 0.3 is 0 Å². The van der Waals surface area contributed by atoms with Gasteiger partial charge in [-0.1, -0.05) is 0 Å². The van der Waals surface area contributed by atoms with Crippen molar-refractivity contribution in [3.63, 3.8) is 0 Å². The summed E-state index contributed by atoms with van der Waals surface area (Å²) >= 11 is 0. The van der Waals surface area contributed by atoms with Crippen LogP contribution < -0.4 is 5.32 Å². The highest BCUT2D eigenvalue weighted by Gasteiger charge is 2.21. The lowest BCUT2D eigenvalue weighted by Gasteiger charge is -2.09. The van der Waals surface area contributed by atoms with Gasteiger partial charge in [0.15, 0.2) is 0 Å². The van der Waals surface area contributed by atoms with E-state index in [4.69, 9.17) is 0 Å². The highest BCUT2D eigenvalue weighted by atomic mass is 16.3. The molecule has 84 valence electrons. The Morgan fingerprint density at radius 2 is 2.38 bits per heavy atom. The van der Waals surface area contributed by atoms with Crippen molar-refractivity contribution < 1.29 is 5.11 Å². The van der Waals surface area contributed by atoms with Crippen LogP contribution >= 0.6 is 0 Å². The van der Waals surface area contributed by atoms with E-state index in [1.165, 1.54) is 6.42 Å². The fourth-order valence-electron chi connectivity index (χ4n) is 2.41. The molecule has 0 spiro atoms. The lowest BCUT2D eigenvalue weighted by molar-refractivity contribution is 0.476. The third kappa shape index (κ3) is 1.38. The van der Waals surface area contributed by atoms with Gasteiger partial charge in [-0.2, -0.15) is 0 Å². The Morgan fingerprint density at radius 1 is 1.50 bits per heavy atom. The van der Waals surface area contributed by atoms with E-state index in [9.17, 15) is 5.11 Å². The fourth-order valence-corrected chi connectivity index (χ4v) is 2.41. The first kappa shape index (κ1) is 9.66. The van der Waals surface area contributed by atoms with E-state index in [0.717, 1.165) is 29.8 Å². The van der Waals surface area contributed by atoms with Crippen molar-refractivity contribution in [1.82, 2.24) is 14.9 Å². The van der Waals surface area contributed by atoms with Crippen LogP contribution in [0.1, 0.15) is 24.7 Å². The summed E-state index contributed by atoms with van der Waals surface area (Å²) in [5.41, 5.74) is 1.94. The molecule has 16 heavy (non-hydrogen) atoms. The first-order valence-corrected chi connectivity index (χ1v) is 5.64. The lowest BCUT2D eigenvalue weighted by Crippen LogP contribution is -2.16. The maximum atomic E-state index is 9.47. The Labute approximate surface area is 93.9 Å². The molecule has 1 aliphatic heterocycles. The predicted molar refractivity (Wildman–Crippen MR) is 62.4 cm³/mol. The van der Waals surface area contributed by atoms with Crippen molar-refractivity contribution in [2.24, 2.45) is 7.05 Å². The van der Waals surface area contributed by atoms with Crippen LogP contribution in [-0.2, 0) is 7.05 Å². The van der Waals surface area contributed by atoms with Crippen molar-refractivity contribution in [3.05, 3.63) is 24.0 Å². The summed E-state index contributed by atoms with van der Waals surface area (Å²) in [5, 5.41) is 12.9. The summed E-state index contributed by atoms with van der Waals surface area (Å²) in [5.74, 6) is 1.36. The number of benzene rings is 1. The fraction of sp³-hybridized carbons (Fsp3) is 0.417. The second-order valence-electron chi connectivity index (χ2n) is 4.35. The number of phenolic OH excluding ortho intramolecular Hbond substituents is 1. The van der Waals surface area contributed by atoms with Gasteiger partial charge in [0, 0.05) is 13.1 Å². The van der Waals surface area contributed by atoms with E-state index in [0.29, 0.717) is 11.8 Å². The zero-order valence-corrected chi connectivity index (χ0v) is 9.27. The summed E-state index contributed by atoms with van der Waals surface area (Å²) < 4.78 is 2.07. The molecular weight excluding hydrogens is 202 g/mol. The molecule has 2 aromatic rings. The van der Waals surface area contributed by atoms with Crippen LogP contribution in [0.15, 0.2) is 18.2 Å². The summed E-state index contributed by atoms with van der Waals surface area (Å²) in [6.45, 7) is 1.07. The largest absolute Gasteiger partial charge is 0.508 e. The Bertz CT molecular complexity index is 526. The van der Waals surface area contributed by atoms with Crippen LogP contribution in [0.5, 0.6) is 5.75 Å². The Kier molecular flexibility index (Phi) is 2.11. The Balaban J connectivity index is 2.15. The predicted octanol–water partition coefficient (Wildman–Crippen LogP) is 1.70. The monoisotopic (exact) mass is 217 g/mol. The number of rotatable bonds is 1. The van der Waals surface area contributed by atoms with Crippen LogP contribution in [-0.4, -0.2) is 21.2 Å². The zero-order valence-electron chi connectivity index (χ0n) is 9.27. The van der Waals surface area contributed by atoms with Gasteiger partial charge in [-0.25, -0.2) is 4.98 Å². The maximum Gasteiger partial charge on any atom is 0.126 e. The van der Waals surface area contributed by atoms with Crippen LogP contribution in [0.2, 0.25) is 0 Å². The Hall–Kier alpha value is -1.55. The molecule has 1 aliphatic rings. The van der Waals surface area contributed by atoms with Crippen molar-refractivity contribution >= 4 is 11.0 Å². The number of aromatic hydroxyl groups is 1. The van der Waals surface area contributed by atoms with E-state index < -0.39 is 0 Å². The van der Waals surface area contributed by atoms with Gasteiger partial charge in [0.2, 0.25) is 0 Å². The molecule has 0 unspecified atom stereocenters. The average molecular weight is 217 g/mol. The van der Waals surface area contributed by atoms with E-state index >= 15 is 0 Å². The van der Waals surface area contributed by atoms with E-state index in [-0.39, 0.29) is 0 Å². The summed E-state index contributed by atoms with van der Waals surface area (Å²) in [6, 6.07) is 5.67. The van der Waals surface area contributed by atoms with Gasteiger partial charge in [-0.05, 0) is 31.5 Å². The smallest absolute Gasteiger partial charge is 0.126 e. The minimum absolute atomic E-state index is 0.293. The molecule has 0 aliphatic carbocycles. The standard InChI is InChI=1S/C12H15N3O/c1-15-11-7-8(16)4-5-9(11)14-12(15)10-3-2-6-13-10/h4-5,7,10,13,16H,2-3,6H2,1H3/t10-/m0/s1. The van der Waals surface area contributed by atoms with Gasteiger partial charge < -0.3 is 15.0 Å². The van der Waals surface area contributed by atoms with Crippen LogP contribution in [0.3, 0.4) is 0 Å². The molecule has 1 fully saturated rings. The molecule has 0 radical (unpaired) electrons. The lowest BCUT2D eigenvalue weighted by atomic mass is 10.2. The van der Waals surface area contributed by atoms with E-state index in [2.05, 4.69) is 14.9 Å². The number of fused-ring (bicyclic) bond motifs is 1. The van der Waals surface area contributed by atoms with Crippen molar-refractivity contribution in [2.45, 2.75) is 18.9 Å². The average Bonchev–Trinajstić information content (AvgIpc) is 2.87. The Morgan fingerprint density at radius 3 is 3.12 bits per heavy atom. The number of imidazole rings is 1. The molecule has 3 rings (SSSR count). The third-order valence-corrected chi connectivity index (χ3v) is 3.27. The molecule has 2 N–H and O–H groups in total. The molecule has 4 nitrogen and oxygen atoms in total. The van der Waals surface area contributed by atoms with Gasteiger partial charge in [-0.15, -0.1) is 0 Å².